The average molecular weight is 431 g/mol. The van der Waals surface area contributed by atoms with Crippen molar-refractivity contribution in [2.45, 2.75) is 108 Å². The van der Waals surface area contributed by atoms with Crippen molar-refractivity contribution in [3.63, 3.8) is 0 Å². The second kappa shape index (κ2) is 16.2. The van der Waals surface area contributed by atoms with Crippen molar-refractivity contribution in [3.05, 3.63) is 0 Å². The van der Waals surface area contributed by atoms with E-state index in [4.69, 9.17) is 19.7 Å². The van der Waals surface area contributed by atoms with Crippen molar-refractivity contribution in [2.75, 3.05) is 13.2 Å². The first-order valence-corrected chi connectivity index (χ1v) is 11.3. The Morgan fingerprint density at radius 3 is 1.80 bits per heavy atom. The molecule has 1 rings (SSSR count). The molecule has 0 aliphatic carbocycles. The third-order valence-electron chi connectivity index (χ3n) is 5.40. The van der Waals surface area contributed by atoms with Gasteiger partial charge in [-0.3, -0.25) is 9.59 Å². The number of aliphatic hydroxyl groups is 2. The largest absolute Gasteiger partial charge is 0.481 e. The molecule has 0 spiro atoms. The highest BCUT2D eigenvalue weighted by Crippen LogP contribution is 2.19. The number of carbonyl (C=O) groups excluding carboxylic acids is 2. The number of aliphatic carboxylic acids is 1. The SMILES string of the molecule is O=C(O)CCCCCCCCCCCCCCCOC1C(=O)C(=O)O[C@@H]1[C@@H](O)CO. The van der Waals surface area contributed by atoms with Crippen molar-refractivity contribution in [2.24, 2.45) is 0 Å². The summed E-state index contributed by atoms with van der Waals surface area (Å²) < 4.78 is 10.2. The number of aliphatic hydroxyl groups excluding tert-OH is 2. The van der Waals surface area contributed by atoms with Gasteiger partial charge in [0, 0.05) is 13.0 Å². The monoisotopic (exact) mass is 430 g/mol. The summed E-state index contributed by atoms with van der Waals surface area (Å²) >= 11 is 0. The number of rotatable bonds is 19. The van der Waals surface area contributed by atoms with Crippen LogP contribution in [-0.2, 0) is 23.9 Å². The van der Waals surface area contributed by atoms with Gasteiger partial charge in [-0.2, -0.15) is 0 Å². The summed E-state index contributed by atoms with van der Waals surface area (Å²) in [5.74, 6) is -2.52. The first-order chi connectivity index (χ1) is 14.5. The van der Waals surface area contributed by atoms with Crippen molar-refractivity contribution in [3.8, 4) is 0 Å². The molecule has 0 aromatic carbocycles. The predicted octanol–water partition coefficient (Wildman–Crippen LogP) is 2.77. The number of cyclic esters (lactones) is 1. The summed E-state index contributed by atoms with van der Waals surface area (Å²) in [5.41, 5.74) is 0. The summed E-state index contributed by atoms with van der Waals surface area (Å²) in [6.45, 7) is -0.286. The molecule has 174 valence electrons. The molecule has 3 N–H and O–H groups in total. The van der Waals surface area contributed by atoms with Gasteiger partial charge in [0.2, 0.25) is 0 Å². The van der Waals surface area contributed by atoms with Gasteiger partial charge >= 0.3 is 11.9 Å². The van der Waals surface area contributed by atoms with E-state index in [1.165, 1.54) is 38.5 Å². The molecule has 30 heavy (non-hydrogen) atoms. The van der Waals surface area contributed by atoms with E-state index in [1.807, 2.05) is 0 Å². The summed E-state index contributed by atoms with van der Waals surface area (Å²) in [7, 11) is 0. The van der Waals surface area contributed by atoms with Gasteiger partial charge in [-0.05, 0) is 12.8 Å². The fourth-order valence-corrected chi connectivity index (χ4v) is 3.60. The fraction of sp³-hybridized carbons (Fsp3) is 0.864. The van der Waals surface area contributed by atoms with E-state index in [0.717, 1.165) is 44.9 Å². The van der Waals surface area contributed by atoms with Crippen molar-refractivity contribution in [1.29, 1.82) is 0 Å². The highest BCUT2D eigenvalue weighted by Gasteiger charge is 2.47. The Hall–Kier alpha value is -1.51. The fourth-order valence-electron chi connectivity index (χ4n) is 3.60. The molecule has 1 fully saturated rings. The van der Waals surface area contributed by atoms with Crippen molar-refractivity contribution in [1.82, 2.24) is 0 Å². The molecule has 0 saturated carbocycles. The number of unbranched alkanes of at least 4 members (excludes halogenated alkanes) is 12. The number of hydrogen-bond donors (Lipinski definition) is 3. The predicted molar refractivity (Wildman–Crippen MR) is 110 cm³/mol. The lowest BCUT2D eigenvalue weighted by atomic mass is 10.0. The van der Waals surface area contributed by atoms with Gasteiger partial charge in [0.1, 0.15) is 6.10 Å². The topological polar surface area (TPSA) is 130 Å². The van der Waals surface area contributed by atoms with E-state index in [1.54, 1.807) is 0 Å². The zero-order chi connectivity index (χ0) is 22.2. The van der Waals surface area contributed by atoms with Gasteiger partial charge < -0.3 is 24.8 Å². The lowest BCUT2D eigenvalue weighted by Gasteiger charge is -2.20. The second-order valence-electron chi connectivity index (χ2n) is 8.02. The quantitative estimate of drug-likeness (QED) is 0.162. The molecular weight excluding hydrogens is 392 g/mol. The number of esters is 1. The Kier molecular flexibility index (Phi) is 14.3. The van der Waals surface area contributed by atoms with Gasteiger partial charge in [-0.25, -0.2) is 4.79 Å². The van der Waals surface area contributed by atoms with Crippen LogP contribution in [0, 0.1) is 0 Å². The first-order valence-electron chi connectivity index (χ1n) is 11.3. The number of ketones is 1. The molecule has 0 radical (unpaired) electrons. The van der Waals surface area contributed by atoms with Crippen molar-refractivity contribution < 1.29 is 39.2 Å². The molecule has 3 atom stereocenters. The molecule has 8 heteroatoms. The zero-order valence-corrected chi connectivity index (χ0v) is 17.9. The van der Waals surface area contributed by atoms with Gasteiger partial charge in [0.05, 0.1) is 6.61 Å². The number of Topliss-reactive ketones (excluding diaryl/α,β-unsaturated/α-hetero) is 1. The van der Waals surface area contributed by atoms with Crippen LogP contribution >= 0.6 is 0 Å². The lowest BCUT2D eigenvalue weighted by molar-refractivity contribution is -0.152. The van der Waals surface area contributed by atoms with Gasteiger partial charge in [-0.1, -0.05) is 70.6 Å². The summed E-state index contributed by atoms with van der Waals surface area (Å²) in [6.07, 6.45) is 10.9. The third-order valence-corrected chi connectivity index (χ3v) is 5.40. The second-order valence-corrected chi connectivity index (χ2v) is 8.02. The van der Waals surface area contributed by atoms with Crippen LogP contribution in [0.2, 0.25) is 0 Å². The minimum atomic E-state index is -1.32. The van der Waals surface area contributed by atoms with Gasteiger partial charge in [0.15, 0.2) is 12.2 Å². The maximum absolute atomic E-state index is 11.7. The number of carboxylic acids is 1. The number of hydrogen-bond acceptors (Lipinski definition) is 7. The standard InChI is InChI=1S/C22H38O8/c23-16-17(24)20-21(19(27)22(28)30-20)29-15-13-11-9-7-5-3-1-2-4-6-8-10-12-14-18(25)26/h17,20-21,23-24H,1-16H2,(H,25,26)/t17-,20+,21?/m0/s1. The molecule has 1 heterocycles. The van der Waals surface area contributed by atoms with Crippen LogP contribution in [0.25, 0.3) is 0 Å². The summed E-state index contributed by atoms with van der Waals surface area (Å²) in [6, 6.07) is 0. The first kappa shape index (κ1) is 26.5. The number of carbonyl (C=O) groups is 3. The van der Waals surface area contributed by atoms with Crippen LogP contribution in [0.1, 0.15) is 89.9 Å². The Labute approximate surface area is 178 Å². The smallest absolute Gasteiger partial charge is 0.378 e. The normalized spacial score (nSPS) is 19.8. The van der Waals surface area contributed by atoms with E-state index in [9.17, 15) is 19.5 Å². The van der Waals surface area contributed by atoms with E-state index in [-0.39, 0.29) is 6.42 Å². The Morgan fingerprint density at radius 1 is 0.867 bits per heavy atom. The lowest BCUT2D eigenvalue weighted by Crippen LogP contribution is -2.41. The highest BCUT2D eigenvalue weighted by molar-refractivity contribution is 6.37. The van der Waals surface area contributed by atoms with Crippen LogP contribution in [0.3, 0.4) is 0 Å². The van der Waals surface area contributed by atoms with E-state index < -0.39 is 42.6 Å². The highest BCUT2D eigenvalue weighted by atomic mass is 16.6. The maximum atomic E-state index is 11.7. The van der Waals surface area contributed by atoms with Gasteiger partial charge in [-0.15, -0.1) is 0 Å². The van der Waals surface area contributed by atoms with E-state index in [2.05, 4.69) is 0 Å². The number of carboxylic acid groups (broad SMARTS) is 1. The van der Waals surface area contributed by atoms with Crippen LogP contribution in [0.4, 0.5) is 0 Å². The number of ether oxygens (including phenoxy) is 2. The van der Waals surface area contributed by atoms with E-state index in [0.29, 0.717) is 6.61 Å². The Bertz CT molecular complexity index is 507. The molecule has 0 bridgehead atoms. The van der Waals surface area contributed by atoms with Crippen LogP contribution in [-0.4, -0.2) is 64.6 Å². The molecule has 1 aliphatic rings. The molecule has 1 unspecified atom stereocenters. The van der Waals surface area contributed by atoms with E-state index >= 15 is 0 Å². The average Bonchev–Trinajstić information content (AvgIpc) is 3.01. The molecular formula is C22H38O8. The zero-order valence-electron chi connectivity index (χ0n) is 17.9. The minimum absolute atomic E-state index is 0.284. The van der Waals surface area contributed by atoms with Crippen LogP contribution in [0.5, 0.6) is 0 Å². The third kappa shape index (κ3) is 11.0. The Balaban J connectivity index is 1.90. The summed E-state index contributed by atoms with van der Waals surface area (Å²) in [4.78, 5) is 33.5. The van der Waals surface area contributed by atoms with Crippen molar-refractivity contribution >= 4 is 17.7 Å². The maximum Gasteiger partial charge on any atom is 0.378 e. The molecule has 8 nitrogen and oxygen atoms in total. The molecule has 0 aromatic heterocycles. The molecule has 0 aromatic rings. The van der Waals surface area contributed by atoms with Gasteiger partial charge in [0.25, 0.3) is 5.78 Å². The van der Waals surface area contributed by atoms with Crippen LogP contribution in [0.15, 0.2) is 0 Å². The molecule has 1 saturated heterocycles. The molecule has 1 aliphatic heterocycles. The molecule has 0 amide bonds. The summed E-state index contributed by atoms with van der Waals surface area (Å²) in [5, 5.41) is 27.2. The Morgan fingerprint density at radius 2 is 1.33 bits per heavy atom. The van der Waals surface area contributed by atoms with Crippen LogP contribution < -0.4 is 0 Å². The minimum Gasteiger partial charge on any atom is -0.481 e.